The molecule has 0 aliphatic heterocycles. The molecule has 1 N–H and O–H groups in total. The largest absolute Gasteiger partial charge is 0.352 e. The molecule has 2 saturated carbocycles. The van der Waals surface area contributed by atoms with Gasteiger partial charge in [0.2, 0.25) is 5.91 Å². The van der Waals surface area contributed by atoms with Gasteiger partial charge in [-0.2, -0.15) is 0 Å². The second-order valence-electron chi connectivity index (χ2n) is 7.92. The predicted molar refractivity (Wildman–Crippen MR) is 111 cm³/mol. The van der Waals surface area contributed by atoms with E-state index in [1.165, 1.54) is 37.4 Å². The molecule has 2 heterocycles. The van der Waals surface area contributed by atoms with Gasteiger partial charge in [0.05, 0.1) is 10.1 Å². The summed E-state index contributed by atoms with van der Waals surface area (Å²) in [4.78, 5) is 13.9. The minimum atomic E-state index is -0.184. The Morgan fingerprint density at radius 3 is 2.85 bits per heavy atom. The lowest BCUT2D eigenvalue weighted by Gasteiger charge is -2.29. The van der Waals surface area contributed by atoms with Crippen LogP contribution in [0.1, 0.15) is 46.5 Å². The molecular formula is C20H28N4OS2. The van der Waals surface area contributed by atoms with E-state index in [2.05, 4.69) is 40.0 Å². The molecule has 2 bridgehead atoms. The van der Waals surface area contributed by atoms with Gasteiger partial charge in [0.15, 0.2) is 11.0 Å². The molecule has 1 amide bonds. The third-order valence-corrected chi connectivity index (χ3v) is 8.18. The first-order valence-electron chi connectivity index (χ1n) is 10.0. The number of thiophene rings is 1. The topological polar surface area (TPSA) is 59.8 Å². The van der Waals surface area contributed by atoms with Crippen molar-refractivity contribution in [3.05, 3.63) is 17.5 Å². The van der Waals surface area contributed by atoms with Crippen molar-refractivity contribution in [1.82, 2.24) is 20.1 Å². The van der Waals surface area contributed by atoms with Crippen LogP contribution in [0.2, 0.25) is 0 Å². The van der Waals surface area contributed by atoms with Crippen LogP contribution >= 0.6 is 23.1 Å². The minimum Gasteiger partial charge on any atom is -0.352 e. The fraction of sp³-hybridized carbons (Fsp3) is 0.650. The van der Waals surface area contributed by atoms with E-state index in [1.54, 1.807) is 11.3 Å². The van der Waals surface area contributed by atoms with Crippen molar-refractivity contribution >= 4 is 29.0 Å². The molecule has 27 heavy (non-hydrogen) atoms. The van der Waals surface area contributed by atoms with Gasteiger partial charge in [-0.25, -0.2) is 0 Å². The summed E-state index contributed by atoms with van der Waals surface area (Å²) >= 11 is 3.16. The molecule has 7 heteroatoms. The lowest BCUT2D eigenvalue weighted by atomic mass is 9.84. The molecule has 0 radical (unpaired) electrons. The average molecular weight is 405 g/mol. The molecule has 2 fully saturated rings. The van der Waals surface area contributed by atoms with E-state index in [-0.39, 0.29) is 17.2 Å². The number of nitrogens with zero attached hydrogens (tertiary/aromatic N) is 3. The standard InChI is InChI=1S/C20H28N4OS2/c1-4-24-18(17-6-5-9-26-17)22-23-20(24)27-13(3)19(25)21-12(2)16-11-14-7-8-15(16)10-14/h5-6,9,12-16H,4,7-8,10-11H2,1-3H3,(H,21,25). The minimum absolute atomic E-state index is 0.110. The normalized spacial score (nSPS) is 26.3. The number of nitrogens with one attached hydrogen (secondary N) is 1. The Kier molecular flexibility index (Phi) is 5.60. The number of hydrogen-bond donors (Lipinski definition) is 1. The van der Waals surface area contributed by atoms with E-state index >= 15 is 0 Å². The van der Waals surface area contributed by atoms with E-state index in [0.717, 1.165) is 34.2 Å². The molecule has 5 unspecified atom stereocenters. The Balaban J connectivity index is 1.38. The lowest BCUT2D eigenvalue weighted by Crippen LogP contribution is -2.43. The summed E-state index contributed by atoms with van der Waals surface area (Å²) in [6, 6.07) is 4.35. The molecule has 0 saturated heterocycles. The number of thioether (sulfide) groups is 1. The Bertz CT molecular complexity index is 788. The van der Waals surface area contributed by atoms with Crippen molar-refractivity contribution in [3.63, 3.8) is 0 Å². The molecule has 2 aliphatic carbocycles. The molecule has 0 aromatic carbocycles. The number of carbonyl (C=O) groups excluding carboxylic acids is 1. The number of carbonyl (C=O) groups is 1. The van der Waals surface area contributed by atoms with Crippen LogP contribution in [0.3, 0.4) is 0 Å². The van der Waals surface area contributed by atoms with Gasteiger partial charge in [-0.1, -0.05) is 24.2 Å². The Hall–Kier alpha value is -1.34. The Morgan fingerprint density at radius 1 is 1.37 bits per heavy atom. The third-order valence-electron chi connectivity index (χ3n) is 6.23. The Morgan fingerprint density at radius 2 is 2.22 bits per heavy atom. The highest BCUT2D eigenvalue weighted by Gasteiger charge is 2.42. The average Bonchev–Trinajstić information content (AvgIpc) is 3.43. The van der Waals surface area contributed by atoms with E-state index in [1.807, 2.05) is 18.4 Å². The van der Waals surface area contributed by atoms with Crippen LogP contribution in [0.5, 0.6) is 0 Å². The molecule has 5 nitrogen and oxygen atoms in total. The molecule has 2 aliphatic rings. The van der Waals surface area contributed by atoms with Gasteiger partial charge in [-0.05, 0) is 69.2 Å². The maximum atomic E-state index is 12.8. The summed E-state index contributed by atoms with van der Waals surface area (Å²) in [5, 5.41) is 14.7. The monoisotopic (exact) mass is 404 g/mol. The zero-order chi connectivity index (χ0) is 19.0. The molecule has 146 valence electrons. The highest BCUT2D eigenvalue weighted by Crippen LogP contribution is 2.49. The first kappa shape index (κ1) is 19.0. The fourth-order valence-electron chi connectivity index (χ4n) is 4.82. The SMILES string of the molecule is CCn1c(SC(C)C(=O)NC(C)C2CC3CCC2C3)nnc1-c1cccs1. The van der Waals surface area contributed by atoms with E-state index in [0.29, 0.717) is 5.92 Å². The van der Waals surface area contributed by atoms with Crippen LogP contribution < -0.4 is 5.32 Å². The van der Waals surface area contributed by atoms with Gasteiger partial charge in [0, 0.05) is 12.6 Å². The number of fused-ring (bicyclic) bond motifs is 2. The molecular weight excluding hydrogens is 376 g/mol. The van der Waals surface area contributed by atoms with Gasteiger partial charge in [0.1, 0.15) is 0 Å². The van der Waals surface area contributed by atoms with Gasteiger partial charge >= 0.3 is 0 Å². The lowest BCUT2D eigenvalue weighted by molar-refractivity contribution is -0.121. The Labute approximate surface area is 169 Å². The van der Waals surface area contributed by atoms with Crippen LogP contribution in [0.25, 0.3) is 10.7 Å². The van der Waals surface area contributed by atoms with Crippen molar-refractivity contribution in [2.75, 3.05) is 0 Å². The van der Waals surface area contributed by atoms with Crippen LogP contribution in [-0.4, -0.2) is 32.0 Å². The van der Waals surface area contributed by atoms with Crippen LogP contribution in [-0.2, 0) is 11.3 Å². The predicted octanol–water partition coefficient (Wildman–Crippen LogP) is 4.45. The molecule has 2 aromatic heterocycles. The fourth-order valence-corrected chi connectivity index (χ4v) is 6.46. The number of hydrogen-bond acceptors (Lipinski definition) is 5. The van der Waals surface area contributed by atoms with Crippen LogP contribution in [0, 0.1) is 17.8 Å². The van der Waals surface area contributed by atoms with E-state index in [9.17, 15) is 4.79 Å². The van der Waals surface area contributed by atoms with Gasteiger partial charge in [-0.3, -0.25) is 4.79 Å². The first-order chi connectivity index (χ1) is 13.1. The third kappa shape index (κ3) is 3.81. The summed E-state index contributed by atoms with van der Waals surface area (Å²) in [6.07, 6.45) is 5.42. The maximum Gasteiger partial charge on any atom is 0.233 e. The second-order valence-corrected chi connectivity index (χ2v) is 10.2. The van der Waals surface area contributed by atoms with Crippen LogP contribution in [0.15, 0.2) is 22.7 Å². The summed E-state index contributed by atoms with van der Waals surface area (Å²) in [6.45, 7) is 7.03. The summed E-state index contributed by atoms with van der Waals surface area (Å²) < 4.78 is 2.10. The summed E-state index contributed by atoms with van der Waals surface area (Å²) in [7, 11) is 0. The smallest absolute Gasteiger partial charge is 0.233 e. The van der Waals surface area contributed by atoms with Gasteiger partial charge in [-0.15, -0.1) is 21.5 Å². The zero-order valence-corrected chi connectivity index (χ0v) is 17.9. The van der Waals surface area contributed by atoms with Gasteiger partial charge < -0.3 is 9.88 Å². The van der Waals surface area contributed by atoms with Crippen molar-refractivity contribution in [2.45, 2.75) is 69.4 Å². The molecule has 4 rings (SSSR count). The number of amides is 1. The number of rotatable bonds is 7. The zero-order valence-electron chi connectivity index (χ0n) is 16.2. The van der Waals surface area contributed by atoms with Crippen molar-refractivity contribution < 1.29 is 4.79 Å². The quantitative estimate of drug-likeness (QED) is 0.693. The second kappa shape index (κ2) is 7.95. The highest BCUT2D eigenvalue weighted by molar-refractivity contribution is 8.00. The molecule has 2 aromatic rings. The molecule has 0 spiro atoms. The molecule has 5 atom stereocenters. The van der Waals surface area contributed by atoms with Gasteiger partial charge in [0.25, 0.3) is 0 Å². The highest BCUT2D eigenvalue weighted by atomic mass is 32.2. The first-order valence-corrected chi connectivity index (χ1v) is 11.8. The van der Waals surface area contributed by atoms with E-state index < -0.39 is 0 Å². The van der Waals surface area contributed by atoms with Crippen molar-refractivity contribution in [1.29, 1.82) is 0 Å². The maximum absolute atomic E-state index is 12.8. The van der Waals surface area contributed by atoms with Crippen LogP contribution in [0.4, 0.5) is 0 Å². The summed E-state index contributed by atoms with van der Waals surface area (Å²) in [5.74, 6) is 3.39. The summed E-state index contributed by atoms with van der Waals surface area (Å²) in [5.41, 5.74) is 0. The van der Waals surface area contributed by atoms with Crippen molar-refractivity contribution in [3.8, 4) is 10.7 Å². The number of aromatic nitrogens is 3. The van der Waals surface area contributed by atoms with E-state index in [4.69, 9.17) is 0 Å². The van der Waals surface area contributed by atoms with Crippen molar-refractivity contribution in [2.24, 2.45) is 17.8 Å².